The largest absolute Gasteiger partial charge is 0.496 e. The summed E-state index contributed by atoms with van der Waals surface area (Å²) in [6.45, 7) is 0. The van der Waals surface area contributed by atoms with E-state index in [1.54, 1.807) is 18.2 Å². The first kappa shape index (κ1) is 13.7. The van der Waals surface area contributed by atoms with E-state index in [0.29, 0.717) is 11.3 Å². The van der Waals surface area contributed by atoms with Gasteiger partial charge < -0.3 is 14.1 Å². The van der Waals surface area contributed by atoms with Crippen molar-refractivity contribution in [3.8, 4) is 5.75 Å². The van der Waals surface area contributed by atoms with Gasteiger partial charge in [-0.15, -0.1) is 0 Å². The van der Waals surface area contributed by atoms with Gasteiger partial charge in [-0.3, -0.25) is 0 Å². The van der Waals surface area contributed by atoms with Gasteiger partial charge in [0.15, 0.2) is 0 Å². The highest BCUT2D eigenvalue weighted by atomic mass is 16.5. The van der Waals surface area contributed by atoms with Crippen LogP contribution in [0.5, 0.6) is 5.75 Å². The molecule has 2 aromatic heterocycles. The van der Waals surface area contributed by atoms with Crippen molar-refractivity contribution in [2.75, 3.05) is 7.11 Å². The molecule has 0 atom stereocenters. The summed E-state index contributed by atoms with van der Waals surface area (Å²) in [5.74, 6) is 0.493. The fourth-order valence-corrected chi connectivity index (χ4v) is 1.63. The zero-order valence-electron chi connectivity index (χ0n) is 11.1. The van der Waals surface area contributed by atoms with Crippen molar-refractivity contribution in [2.45, 2.75) is 0 Å². The minimum Gasteiger partial charge on any atom is -0.496 e. The minimum absolute atomic E-state index is 0.396. The predicted octanol–water partition coefficient (Wildman–Crippen LogP) is 3.26. The van der Waals surface area contributed by atoms with Gasteiger partial charge >= 0.3 is 5.63 Å². The third-order valence-corrected chi connectivity index (χ3v) is 2.59. The number of hydrogen-bond donors (Lipinski definition) is 1. The maximum absolute atomic E-state index is 11.5. The van der Waals surface area contributed by atoms with Crippen LogP contribution in [0.2, 0.25) is 0 Å². The van der Waals surface area contributed by atoms with E-state index in [9.17, 15) is 4.79 Å². The number of ether oxygens (including phenoxy) is 1. The maximum atomic E-state index is 11.5. The molecule has 2 aromatic rings. The zero-order valence-corrected chi connectivity index (χ0v) is 11.1. The van der Waals surface area contributed by atoms with Crippen molar-refractivity contribution < 1.29 is 9.15 Å². The van der Waals surface area contributed by atoms with E-state index < -0.39 is 5.63 Å². The topological polar surface area (TPSA) is 55.2 Å². The van der Waals surface area contributed by atoms with Gasteiger partial charge in [0.25, 0.3) is 0 Å². The smallest absolute Gasteiger partial charge is 0.346 e. The van der Waals surface area contributed by atoms with Crippen molar-refractivity contribution >= 4 is 12.2 Å². The standard InChI is InChI=1S/C16H15NO3/c1-19-15-10-12-20-16(18)14(15)9-5-3-2-4-7-13-8-6-11-17-13/h2-12,17H,1H3/b3-2-,7-4+,9-5+. The van der Waals surface area contributed by atoms with Crippen LogP contribution in [0.4, 0.5) is 0 Å². The molecule has 0 saturated heterocycles. The summed E-state index contributed by atoms with van der Waals surface area (Å²) in [6, 6.07) is 5.51. The SMILES string of the molecule is COc1ccoc(=O)c1/C=C/C=C\C=C\c1ccc[nH]1. The highest BCUT2D eigenvalue weighted by Crippen LogP contribution is 2.14. The Labute approximate surface area is 116 Å². The van der Waals surface area contributed by atoms with E-state index in [4.69, 9.17) is 9.15 Å². The number of rotatable bonds is 5. The van der Waals surface area contributed by atoms with Crippen LogP contribution in [-0.2, 0) is 0 Å². The van der Waals surface area contributed by atoms with Gasteiger partial charge in [-0.2, -0.15) is 0 Å². The van der Waals surface area contributed by atoms with Crippen molar-refractivity contribution in [1.29, 1.82) is 0 Å². The Bertz CT molecular complexity index is 676. The first-order valence-electron chi connectivity index (χ1n) is 6.12. The molecule has 102 valence electrons. The molecule has 1 N–H and O–H groups in total. The van der Waals surface area contributed by atoms with Crippen molar-refractivity contribution in [3.63, 3.8) is 0 Å². The summed E-state index contributed by atoms with van der Waals surface area (Å²) in [6.07, 6.45) is 14.1. The number of hydrogen-bond acceptors (Lipinski definition) is 3. The van der Waals surface area contributed by atoms with E-state index >= 15 is 0 Å². The van der Waals surface area contributed by atoms with Crippen molar-refractivity contribution in [2.24, 2.45) is 0 Å². The zero-order chi connectivity index (χ0) is 14.2. The van der Waals surface area contributed by atoms with Gasteiger partial charge in [0.2, 0.25) is 0 Å². The van der Waals surface area contributed by atoms with Crippen LogP contribution >= 0.6 is 0 Å². The molecule has 0 amide bonds. The van der Waals surface area contributed by atoms with E-state index in [0.717, 1.165) is 5.69 Å². The van der Waals surface area contributed by atoms with Gasteiger partial charge in [0.05, 0.1) is 13.4 Å². The average Bonchev–Trinajstić information content (AvgIpc) is 2.97. The number of aromatic nitrogens is 1. The van der Waals surface area contributed by atoms with Crippen LogP contribution in [0.25, 0.3) is 12.2 Å². The second kappa shape index (κ2) is 6.99. The molecule has 0 aliphatic rings. The van der Waals surface area contributed by atoms with Crippen LogP contribution in [0, 0.1) is 0 Å². The van der Waals surface area contributed by atoms with Gasteiger partial charge in [-0.05, 0) is 24.3 Å². The molecule has 0 spiro atoms. The Hall–Kier alpha value is -2.75. The number of methoxy groups -OCH3 is 1. The third kappa shape index (κ3) is 3.62. The quantitative estimate of drug-likeness (QED) is 0.848. The van der Waals surface area contributed by atoms with Gasteiger partial charge in [0.1, 0.15) is 11.3 Å². The highest BCUT2D eigenvalue weighted by Gasteiger charge is 2.04. The van der Waals surface area contributed by atoms with E-state index in [1.165, 1.54) is 13.4 Å². The minimum atomic E-state index is -0.420. The molecule has 20 heavy (non-hydrogen) atoms. The molecule has 0 fully saturated rings. The molecule has 0 saturated carbocycles. The van der Waals surface area contributed by atoms with Crippen molar-refractivity contribution in [1.82, 2.24) is 4.98 Å². The Morgan fingerprint density at radius 3 is 2.65 bits per heavy atom. The molecule has 2 heterocycles. The summed E-state index contributed by atoms with van der Waals surface area (Å²) in [5, 5.41) is 0. The van der Waals surface area contributed by atoms with Gasteiger partial charge in [-0.25, -0.2) is 4.79 Å². The fourth-order valence-electron chi connectivity index (χ4n) is 1.63. The molecule has 2 rings (SSSR count). The van der Waals surface area contributed by atoms with Crippen LogP contribution in [0.15, 0.2) is 64.2 Å². The Morgan fingerprint density at radius 2 is 1.95 bits per heavy atom. The molecule has 0 unspecified atom stereocenters. The normalized spacial score (nSPS) is 11.8. The molecule has 0 aromatic carbocycles. The summed E-state index contributed by atoms with van der Waals surface area (Å²) in [4.78, 5) is 14.6. The number of H-pyrrole nitrogens is 1. The molecule has 0 aliphatic carbocycles. The van der Waals surface area contributed by atoms with Gasteiger partial charge in [-0.1, -0.05) is 24.3 Å². The molecule has 0 radical (unpaired) electrons. The predicted molar refractivity (Wildman–Crippen MR) is 79.5 cm³/mol. The lowest BCUT2D eigenvalue weighted by Gasteiger charge is -2.00. The lowest BCUT2D eigenvalue weighted by atomic mass is 10.2. The average molecular weight is 269 g/mol. The maximum Gasteiger partial charge on any atom is 0.346 e. The summed E-state index contributed by atoms with van der Waals surface area (Å²) >= 11 is 0. The van der Waals surface area contributed by atoms with Crippen LogP contribution in [0.3, 0.4) is 0 Å². The van der Waals surface area contributed by atoms with E-state index in [1.807, 2.05) is 42.6 Å². The Balaban J connectivity index is 2.02. The lowest BCUT2D eigenvalue weighted by Crippen LogP contribution is -2.04. The van der Waals surface area contributed by atoms with Gasteiger partial charge in [0, 0.05) is 18.0 Å². The van der Waals surface area contributed by atoms with Crippen LogP contribution in [0.1, 0.15) is 11.3 Å². The first-order chi connectivity index (χ1) is 9.81. The van der Waals surface area contributed by atoms with Crippen molar-refractivity contribution in [3.05, 3.63) is 76.6 Å². The summed E-state index contributed by atoms with van der Waals surface area (Å²) in [5.41, 5.74) is 1.01. The Kier molecular flexibility index (Phi) is 4.78. The molecule has 0 bridgehead atoms. The summed E-state index contributed by atoms with van der Waals surface area (Å²) < 4.78 is 9.90. The summed E-state index contributed by atoms with van der Waals surface area (Å²) in [7, 11) is 1.51. The third-order valence-electron chi connectivity index (χ3n) is 2.59. The Morgan fingerprint density at radius 1 is 1.15 bits per heavy atom. The molecular weight excluding hydrogens is 254 g/mol. The number of aromatic amines is 1. The number of allylic oxidation sites excluding steroid dienone is 4. The molecule has 4 nitrogen and oxygen atoms in total. The van der Waals surface area contributed by atoms with E-state index in [2.05, 4.69) is 4.98 Å². The fraction of sp³-hybridized carbons (Fsp3) is 0.0625. The van der Waals surface area contributed by atoms with E-state index in [-0.39, 0.29) is 0 Å². The molecular formula is C16H15NO3. The second-order valence-corrected chi connectivity index (χ2v) is 3.92. The number of nitrogens with one attached hydrogen (secondary N) is 1. The lowest BCUT2D eigenvalue weighted by molar-refractivity contribution is 0.400. The monoisotopic (exact) mass is 269 g/mol. The van der Waals surface area contributed by atoms with Crippen LogP contribution in [-0.4, -0.2) is 12.1 Å². The molecule has 0 aliphatic heterocycles. The first-order valence-corrected chi connectivity index (χ1v) is 6.12. The second-order valence-electron chi connectivity index (χ2n) is 3.92. The highest BCUT2D eigenvalue weighted by molar-refractivity contribution is 5.57. The molecule has 4 heteroatoms. The van der Waals surface area contributed by atoms with Crippen LogP contribution < -0.4 is 10.4 Å².